The first kappa shape index (κ1) is 14.5. The molecule has 0 aromatic carbocycles. The van der Waals surface area contributed by atoms with Gasteiger partial charge < -0.3 is 25.3 Å². The van der Waals surface area contributed by atoms with E-state index in [-0.39, 0.29) is 36.8 Å². The second-order valence-electron chi connectivity index (χ2n) is 5.22. The molecule has 0 atom stereocenters. The van der Waals surface area contributed by atoms with Crippen LogP contribution < -0.4 is 16.0 Å². The second kappa shape index (κ2) is 6.14. The van der Waals surface area contributed by atoms with Gasteiger partial charge in [-0.1, -0.05) is 0 Å². The number of nitrogens with one attached hydrogen (secondary N) is 3. The molecule has 1 aromatic rings. The number of hydrogen-bond donors (Lipinski definition) is 3. The summed E-state index contributed by atoms with van der Waals surface area (Å²) in [5.41, 5.74) is 0.615. The summed E-state index contributed by atoms with van der Waals surface area (Å²) >= 11 is 0. The number of fused-ring (bicyclic) bond motifs is 1. The van der Waals surface area contributed by atoms with Crippen molar-refractivity contribution in [2.45, 2.75) is 32.0 Å². The molecule has 3 amide bonds. The highest BCUT2D eigenvalue weighted by atomic mass is 16.5. The molecule has 0 aliphatic carbocycles. The van der Waals surface area contributed by atoms with Crippen LogP contribution >= 0.6 is 0 Å². The highest BCUT2D eigenvalue weighted by molar-refractivity contribution is 5.93. The minimum atomic E-state index is -0.346. The molecule has 0 saturated carbocycles. The predicted octanol–water partition coefficient (Wildman–Crippen LogP) is -1.01. The second-order valence-corrected chi connectivity index (χ2v) is 5.22. The molecule has 1 fully saturated rings. The van der Waals surface area contributed by atoms with Crippen LogP contribution in [0.15, 0.2) is 0 Å². The molecule has 3 N–H and O–H groups in total. The van der Waals surface area contributed by atoms with Crippen LogP contribution in [0, 0.1) is 0 Å². The Hall–Kier alpha value is -2.42. The fraction of sp³-hybridized carbons (Fsp3) is 0.538. The molecule has 2 aliphatic heterocycles. The van der Waals surface area contributed by atoms with Crippen molar-refractivity contribution in [3.63, 3.8) is 0 Å². The van der Waals surface area contributed by atoms with E-state index < -0.39 is 0 Å². The zero-order valence-corrected chi connectivity index (χ0v) is 11.9. The average molecular weight is 307 g/mol. The monoisotopic (exact) mass is 307 g/mol. The highest BCUT2D eigenvalue weighted by Crippen LogP contribution is 2.20. The number of anilines is 1. The van der Waals surface area contributed by atoms with Gasteiger partial charge in [0.2, 0.25) is 18.1 Å². The van der Waals surface area contributed by atoms with E-state index in [0.29, 0.717) is 31.1 Å². The number of carbonyl (C=O) groups is 3. The molecular weight excluding hydrogens is 290 g/mol. The minimum Gasteiger partial charge on any atom is -0.381 e. The van der Waals surface area contributed by atoms with Crippen molar-refractivity contribution in [2.75, 3.05) is 18.5 Å². The number of nitrogens with zero attached hydrogens (tertiary/aromatic N) is 2. The van der Waals surface area contributed by atoms with Gasteiger partial charge in [0, 0.05) is 19.3 Å². The summed E-state index contributed by atoms with van der Waals surface area (Å²) < 4.78 is 6.79. The van der Waals surface area contributed by atoms with Crippen molar-refractivity contribution in [1.82, 2.24) is 20.2 Å². The third-order valence-electron chi connectivity index (χ3n) is 3.78. The van der Waals surface area contributed by atoms with Crippen LogP contribution in [0.1, 0.15) is 29.2 Å². The van der Waals surface area contributed by atoms with Crippen LogP contribution in [-0.2, 0) is 27.4 Å². The maximum absolute atomic E-state index is 12.4. The van der Waals surface area contributed by atoms with Gasteiger partial charge in [0.15, 0.2) is 5.82 Å². The van der Waals surface area contributed by atoms with E-state index in [1.54, 1.807) is 4.57 Å². The predicted molar refractivity (Wildman–Crippen MR) is 75.1 cm³/mol. The Morgan fingerprint density at radius 3 is 2.91 bits per heavy atom. The topological polar surface area (TPSA) is 114 Å². The van der Waals surface area contributed by atoms with Gasteiger partial charge in [-0.15, -0.1) is 0 Å². The molecule has 9 heteroatoms. The van der Waals surface area contributed by atoms with Crippen molar-refractivity contribution in [3.8, 4) is 0 Å². The third kappa shape index (κ3) is 2.80. The number of ether oxygens (including phenoxy) is 1. The van der Waals surface area contributed by atoms with E-state index in [9.17, 15) is 14.4 Å². The molecule has 9 nitrogen and oxygen atoms in total. The summed E-state index contributed by atoms with van der Waals surface area (Å²) in [6, 6.07) is 0.0362. The van der Waals surface area contributed by atoms with E-state index in [1.165, 1.54) is 0 Å². The van der Waals surface area contributed by atoms with Gasteiger partial charge in [-0.3, -0.25) is 14.4 Å². The molecular formula is C13H17N5O4. The van der Waals surface area contributed by atoms with Crippen molar-refractivity contribution < 1.29 is 19.1 Å². The summed E-state index contributed by atoms with van der Waals surface area (Å²) in [5, 5.41) is 8.04. The van der Waals surface area contributed by atoms with E-state index in [0.717, 1.165) is 12.8 Å². The summed E-state index contributed by atoms with van der Waals surface area (Å²) in [6.07, 6.45) is 2.00. The average Bonchev–Trinajstić information content (AvgIpc) is 2.87. The van der Waals surface area contributed by atoms with Crippen LogP contribution in [0.5, 0.6) is 0 Å². The summed E-state index contributed by atoms with van der Waals surface area (Å²) in [4.78, 5) is 38.8. The van der Waals surface area contributed by atoms with Crippen LogP contribution in [0.25, 0.3) is 0 Å². The lowest BCUT2D eigenvalue weighted by atomic mass is 10.1. The number of aromatic nitrogens is 2. The largest absolute Gasteiger partial charge is 0.381 e. The van der Waals surface area contributed by atoms with Gasteiger partial charge in [-0.05, 0) is 12.8 Å². The molecule has 2 aliphatic rings. The smallest absolute Gasteiger partial charge is 0.287 e. The van der Waals surface area contributed by atoms with Crippen LogP contribution in [0.3, 0.4) is 0 Å². The zero-order valence-electron chi connectivity index (χ0n) is 11.9. The Kier molecular flexibility index (Phi) is 4.05. The van der Waals surface area contributed by atoms with Crippen molar-refractivity contribution in [2.24, 2.45) is 0 Å². The molecule has 118 valence electrons. The zero-order chi connectivity index (χ0) is 15.5. The van der Waals surface area contributed by atoms with Crippen LogP contribution in [0.4, 0.5) is 5.82 Å². The first-order valence-corrected chi connectivity index (χ1v) is 7.14. The lowest BCUT2D eigenvalue weighted by molar-refractivity contribution is -0.122. The molecule has 0 radical (unpaired) electrons. The summed E-state index contributed by atoms with van der Waals surface area (Å²) in [7, 11) is 0. The van der Waals surface area contributed by atoms with Crippen molar-refractivity contribution >= 4 is 24.0 Å². The maximum Gasteiger partial charge on any atom is 0.287 e. The molecule has 0 spiro atoms. The lowest BCUT2D eigenvalue weighted by Crippen LogP contribution is -2.41. The van der Waals surface area contributed by atoms with Gasteiger partial charge >= 0.3 is 0 Å². The standard InChI is InChI=1S/C13H17N5O4/c19-7-15-11-9-5-14-10(20)6-18(9)12(17-11)13(21)16-8-1-3-22-4-2-8/h7-8H,1-6H2,(H,14,20)(H,15,19)(H,16,21). The van der Waals surface area contributed by atoms with E-state index in [4.69, 9.17) is 4.74 Å². The number of carbonyl (C=O) groups excluding carboxylic acids is 3. The number of imidazole rings is 1. The van der Waals surface area contributed by atoms with Crippen molar-refractivity contribution in [3.05, 3.63) is 11.5 Å². The number of amides is 3. The van der Waals surface area contributed by atoms with E-state index in [1.807, 2.05) is 0 Å². The van der Waals surface area contributed by atoms with E-state index >= 15 is 0 Å². The first-order valence-electron chi connectivity index (χ1n) is 7.14. The minimum absolute atomic E-state index is 0.0133. The quantitative estimate of drug-likeness (QED) is 0.617. The summed E-state index contributed by atoms with van der Waals surface area (Å²) in [5.74, 6) is -0.0997. The first-order chi connectivity index (χ1) is 10.7. The SMILES string of the molecule is O=CNc1nc(C(=O)NC2CCOCC2)n2c1CNC(=O)C2. The van der Waals surface area contributed by atoms with Gasteiger partial charge in [-0.2, -0.15) is 0 Å². The Morgan fingerprint density at radius 1 is 1.41 bits per heavy atom. The molecule has 3 rings (SSSR count). The molecule has 0 bridgehead atoms. The molecule has 1 saturated heterocycles. The summed E-state index contributed by atoms with van der Waals surface area (Å²) in [6.45, 7) is 1.47. The fourth-order valence-electron chi connectivity index (χ4n) is 2.65. The maximum atomic E-state index is 12.4. The van der Waals surface area contributed by atoms with Crippen LogP contribution in [-0.4, -0.2) is 47.0 Å². The van der Waals surface area contributed by atoms with E-state index in [2.05, 4.69) is 20.9 Å². The molecule has 22 heavy (non-hydrogen) atoms. The Balaban J connectivity index is 1.83. The third-order valence-corrected chi connectivity index (χ3v) is 3.78. The fourth-order valence-corrected chi connectivity index (χ4v) is 2.65. The van der Waals surface area contributed by atoms with Gasteiger partial charge in [0.25, 0.3) is 5.91 Å². The normalized spacial score (nSPS) is 18.3. The Morgan fingerprint density at radius 2 is 2.18 bits per heavy atom. The number of hydrogen-bond acceptors (Lipinski definition) is 5. The van der Waals surface area contributed by atoms with Crippen LogP contribution in [0.2, 0.25) is 0 Å². The Labute approximate surface area is 126 Å². The molecule has 3 heterocycles. The lowest BCUT2D eigenvalue weighted by Gasteiger charge is -2.23. The van der Waals surface area contributed by atoms with Gasteiger partial charge in [0.1, 0.15) is 6.54 Å². The van der Waals surface area contributed by atoms with Gasteiger partial charge in [-0.25, -0.2) is 4.98 Å². The number of rotatable bonds is 4. The Bertz CT molecular complexity index is 606. The molecule has 0 unspecified atom stereocenters. The van der Waals surface area contributed by atoms with Crippen molar-refractivity contribution in [1.29, 1.82) is 0 Å². The van der Waals surface area contributed by atoms with Gasteiger partial charge in [0.05, 0.1) is 12.2 Å². The molecule has 1 aromatic heterocycles. The highest BCUT2D eigenvalue weighted by Gasteiger charge is 2.28.